The zero-order valence-corrected chi connectivity index (χ0v) is 17.1. The number of amides is 1. The van der Waals surface area contributed by atoms with Gasteiger partial charge in [-0.3, -0.25) is 9.10 Å². The van der Waals surface area contributed by atoms with Crippen molar-refractivity contribution in [2.75, 3.05) is 30.3 Å². The van der Waals surface area contributed by atoms with Crippen LogP contribution >= 0.6 is 11.6 Å². The van der Waals surface area contributed by atoms with Gasteiger partial charge in [0.25, 0.3) is 0 Å². The van der Waals surface area contributed by atoms with E-state index in [9.17, 15) is 13.2 Å². The van der Waals surface area contributed by atoms with E-state index in [1.54, 1.807) is 36.4 Å². The first-order chi connectivity index (χ1) is 12.7. The summed E-state index contributed by atoms with van der Waals surface area (Å²) in [6.07, 6.45) is 1.08. The quantitative estimate of drug-likeness (QED) is 0.679. The smallest absolute Gasteiger partial charge is 0.240 e. The normalized spacial score (nSPS) is 11.1. The van der Waals surface area contributed by atoms with Gasteiger partial charge in [0.05, 0.1) is 23.5 Å². The number of aryl methyl sites for hydroxylation is 2. The molecule has 2 aromatic carbocycles. The highest BCUT2D eigenvalue weighted by Gasteiger charge is 2.21. The van der Waals surface area contributed by atoms with Crippen molar-refractivity contribution in [3.8, 4) is 5.75 Å². The number of hydrogen-bond donors (Lipinski definition) is 1. The average Bonchev–Trinajstić information content (AvgIpc) is 2.56. The number of para-hydroxylation sites is 1. The van der Waals surface area contributed by atoms with Crippen LogP contribution in [0.15, 0.2) is 42.5 Å². The van der Waals surface area contributed by atoms with Crippen LogP contribution in [0, 0.1) is 13.8 Å². The Labute approximate surface area is 165 Å². The van der Waals surface area contributed by atoms with Gasteiger partial charge in [-0.05, 0) is 49.2 Å². The molecule has 0 aromatic heterocycles. The first kappa shape index (κ1) is 21.1. The maximum absolute atomic E-state index is 12.2. The van der Waals surface area contributed by atoms with Crippen LogP contribution in [0.4, 0.5) is 5.69 Å². The minimum Gasteiger partial charge on any atom is -0.490 e. The van der Waals surface area contributed by atoms with Crippen molar-refractivity contribution in [2.24, 2.45) is 0 Å². The van der Waals surface area contributed by atoms with Crippen molar-refractivity contribution < 1.29 is 17.9 Å². The summed E-state index contributed by atoms with van der Waals surface area (Å²) in [5, 5.41) is 3.15. The first-order valence-corrected chi connectivity index (χ1v) is 10.6. The topological polar surface area (TPSA) is 75.7 Å². The molecule has 2 rings (SSSR count). The summed E-state index contributed by atoms with van der Waals surface area (Å²) >= 11 is 5.99. The van der Waals surface area contributed by atoms with E-state index < -0.39 is 15.9 Å². The van der Waals surface area contributed by atoms with Gasteiger partial charge in [0, 0.05) is 0 Å². The van der Waals surface area contributed by atoms with E-state index in [1.165, 1.54) is 0 Å². The van der Waals surface area contributed by atoms with Crippen LogP contribution < -0.4 is 14.4 Å². The van der Waals surface area contributed by atoms with Crippen LogP contribution in [0.25, 0.3) is 0 Å². The van der Waals surface area contributed by atoms with Crippen molar-refractivity contribution in [1.82, 2.24) is 5.32 Å². The van der Waals surface area contributed by atoms with E-state index in [0.29, 0.717) is 16.5 Å². The van der Waals surface area contributed by atoms with Gasteiger partial charge >= 0.3 is 0 Å². The molecular formula is C19H23ClN2O4S. The summed E-state index contributed by atoms with van der Waals surface area (Å²) in [4.78, 5) is 12.2. The number of hydrogen-bond acceptors (Lipinski definition) is 4. The molecule has 0 aliphatic carbocycles. The van der Waals surface area contributed by atoms with E-state index in [0.717, 1.165) is 21.7 Å². The van der Waals surface area contributed by atoms with Gasteiger partial charge in [-0.1, -0.05) is 29.8 Å². The van der Waals surface area contributed by atoms with Crippen LogP contribution in [0.3, 0.4) is 0 Å². The number of nitrogens with one attached hydrogen (secondary N) is 1. The number of benzene rings is 2. The second-order valence-electron chi connectivity index (χ2n) is 6.24. The SMILES string of the molecule is Cc1cc(C)cc(N(CC(=O)NCCOc2ccccc2Cl)S(C)(=O)=O)c1. The number of halogens is 1. The van der Waals surface area contributed by atoms with E-state index >= 15 is 0 Å². The second kappa shape index (κ2) is 9.10. The largest absolute Gasteiger partial charge is 0.490 e. The third-order valence-electron chi connectivity index (χ3n) is 3.70. The Kier molecular flexibility index (Phi) is 7.10. The number of anilines is 1. The predicted molar refractivity (Wildman–Crippen MR) is 108 cm³/mol. The number of carbonyl (C=O) groups excluding carboxylic acids is 1. The fraction of sp³-hybridized carbons (Fsp3) is 0.316. The molecule has 146 valence electrons. The predicted octanol–water partition coefficient (Wildman–Crippen LogP) is 2.92. The molecule has 0 atom stereocenters. The monoisotopic (exact) mass is 410 g/mol. The number of carbonyl (C=O) groups is 1. The Morgan fingerprint density at radius 1 is 1.15 bits per heavy atom. The van der Waals surface area contributed by atoms with Gasteiger partial charge in [0.2, 0.25) is 15.9 Å². The lowest BCUT2D eigenvalue weighted by Crippen LogP contribution is -2.41. The van der Waals surface area contributed by atoms with E-state index in [2.05, 4.69) is 5.32 Å². The molecule has 1 amide bonds. The van der Waals surface area contributed by atoms with Crippen molar-refractivity contribution in [3.05, 3.63) is 58.6 Å². The molecule has 0 aliphatic heterocycles. The molecule has 0 unspecified atom stereocenters. The average molecular weight is 411 g/mol. The molecule has 6 nitrogen and oxygen atoms in total. The lowest BCUT2D eigenvalue weighted by molar-refractivity contribution is -0.119. The molecule has 1 N–H and O–H groups in total. The number of nitrogens with zero attached hydrogens (tertiary/aromatic N) is 1. The van der Waals surface area contributed by atoms with Gasteiger partial charge in [0.1, 0.15) is 18.9 Å². The molecule has 0 spiro atoms. The van der Waals surface area contributed by atoms with Gasteiger partial charge in [0.15, 0.2) is 0 Å². The van der Waals surface area contributed by atoms with E-state index in [1.807, 2.05) is 19.9 Å². The maximum Gasteiger partial charge on any atom is 0.240 e. The standard InChI is InChI=1S/C19H23ClN2O4S/c1-14-10-15(2)12-16(11-14)22(27(3,24)25)13-19(23)21-8-9-26-18-7-5-4-6-17(18)20/h4-7,10-12H,8-9,13H2,1-3H3,(H,21,23). The molecule has 0 fully saturated rings. The highest BCUT2D eigenvalue weighted by Crippen LogP contribution is 2.23. The lowest BCUT2D eigenvalue weighted by Gasteiger charge is -2.22. The fourth-order valence-corrected chi connectivity index (χ4v) is 3.62. The molecule has 0 saturated heterocycles. The third kappa shape index (κ3) is 6.45. The summed E-state index contributed by atoms with van der Waals surface area (Å²) in [6.45, 7) is 3.91. The highest BCUT2D eigenvalue weighted by atomic mass is 35.5. The summed E-state index contributed by atoms with van der Waals surface area (Å²) in [7, 11) is -3.60. The van der Waals surface area contributed by atoms with Crippen molar-refractivity contribution in [3.63, 3.8) is 0 Å². The van der Waals surface area contributed by atoms with Crippen molar-refractivity contribution >= 4 is 33.2 Å². The van der Waals surface area contributed by atoms with Crippen LogP contribution in [-0.2, 0) is 14.8 Å². The zero-order valence-electron chi connectivity index (χ0n) is 15.5. The third-order valence-corrected chi connectivity index (χ3v) is 5.15. The first-order valence-electron chi connectivity index (χ1n) is 8.37. The Hall–Kier alpha value is -2.25. The number of ether oxygens (including phenoxy) is 1. The van der Waals surface area contributed by atoms with Crippen LogP contribution in [0.1, 0.15) is 11.1 Å². The molecule has 0 bridgehead atoms. The van der Waals surface area contributed by atoms with Gasteiger partial charge in [-0.15, -0.1) is 0 Å². The van der Waals surface area contributed by atoms with Gasteiger partial charge in [-0.2, -0.15) is 0 Å². The summed E-state index contributed by atoms with van der Waals surface area (Å²) in [6, 6.07) is 12.5. The van der Waals surface area contributed by atoms with Crippen molar-refractivity contribution in [1.29, 1.82) is 0 Å². The summed E-state index contributed by atoms with van der Waals surface area (Å²) < 4.78 is 30.9. The molecule has 0 saturated carbocycles. The molecule has 0 heterocycles. The van der Waals surface area contributed by atoms with E-state index in [-0.39, 0.29) is 19.7 Å². The van der Waals surface area contributed by atoms with Crippen LogP contribution in [-0.4, -0.2) is 40.3 Å². The fourth-order valence-electron chi connectivity index (χ4n) is 2.59. The Balaban J connectivity index is 1.95. The molecule has 0 radical (unpaired) electrons. The Morgan fingerprint density at radius 3 is 2.37 bits per heavy atom. The van der Waals surface area contributed by atoms with Crippen LogP contribution in [0.2, 0.25) is 5.02 Å². The minimum atomic E-state index is -3.60. The van der Waals surface area contributed by atoms with Gasteiger partial charge in [-0.25, -0.2) is 8.42 Å². The highest BCUT2D eigenvalue weighted by molar-refractivity contribution is 7.92. The molecule has 0 aliphatic rings. The minimum absolute atomic E-state index is 0.220. The Bertz CT molecular complexity index is 895. The lowest BCUT2D eigenvalue weighted by atomic mass is 10.1. The maximum atomic E-state index is 12.2. The zero-order chi connectivity index (χ0) is 20.0. The molecule has 8 heteroatoms. The van der Waals surface area contributed by atoms with Gasteiger partial charge < -0.3 is 10.1 Å². The van der Waals surface area contributed by atoms with Crippen LogP contribution in [0.5, 0.6) is 5.75 Å². The number of sulfonamides is 1. The van der Waals surface area contributed by atoms with Crippen molar-refractivity contribution in [2.45, 2.75) is 13.8 Å². The number of rotatable bonds is 8. The Morgan fingerprint density at radius 2 is 1.78 bits per heavy atom. The summed E-state index contributed by atoms with van der Waals surface area (Å²) in [5.74, 6) is 0.115. The summed E-state index contributed by atoms with van der Waals surface area (Å²) in [5.41, 5.74) is 2.32. The molecule has 27 heavy (non-hydrogen) atoms. The second-order valence-corrected chi connectivity index (χ2v) is 8.56. The van der Waals surface area contributed by atoms with E-state index in [4.69, 9.17) is 16.3 Å². The molecular weight excluding hydrogens is 388 g/mol. The molecule has 2 aromatic rings.